The van der Waals surface area contributed by atoms with Crippen LogP contribution in [0, 0.1) is 17.3 Å². The first-order valence-electron chi connectivity index (χ1n) is 6.23. The summed E-state index contributed by atoms with van der Waals surface area (Å²) in [7, 11) is 1.60. The number of rotatable bonds is 6. The molecule has 0 aromatic heterocycles. The number of primary amides is 1. The van der Waals surface area contributed by atoms with Gasteiger partial charge in [-0.25, -0.2) is 0 Å². The highest BCUT2D eigenvalue weighted by Crippen LogP contribution is 2.31. The third-order valence-corrected chi connectivity index (χ3v) is 2.87. The molecular weight excluding hydrogens is 216 g/mol. The summed E-state index contributed by atoms with van der Waals surface area (Å²) in [6.07, 6.45) is 2.19. The molecule has 0 aromatic carbocycles. The maximum Gasteiger partial charge on any atom is 0.223 e. The van der Waals surface area contributed by atoms with Gasteiger partial charge in [-0.15, -0.1) is 0 Å². The van der Waals surface area contributed by atoms with Gasteiger partial charge in [0, 0.05) is 18.9 Å². The largest absolute Gasteiger partial charge is 0.369 e. The number of hydrogen-bond donors (Lipinski definition) is 2. The van der Waals surface area contributed by atoms with Crippen molar-refractivity contribution in [2.45, 2.75) is 47.0 Å². The zero-order chi connectivity index (χ0) is 13.6. The highest BCUT2D eigenvalue weighted by atomic mass is 16.2. The highest BCUT2D eigenvalue weighted by Gasteiger charge is 2.34. The van der Waals surface area contributed by atoms with E-state index in [1.54, 1.807) is 7.05 Å². The molecule has 0 heterocycles. The van der Waals surface area contributed by atoms with Gasteiger partial charge in [-0.3, -0.25) is 9.59 Å². The van der Waals surface area contributed by atoms with Crippen LogP contribution in [-0.4, -0.2) is 18.9 Å². The Morgan fingerprint density at radius 2 is 1.76 bits per heavy atom. The van der Waals surface area contributed by atoms with E-state index in [0.29, 0.717) is 12.8 Å². The van der Waals surface area contributed by atoms with Crippen LogP contribution in [0.2, 0.25) is 0 Å². The normalized spacial score (nSPS) is 15.1. The van der Waals surface area contributed by atoms with Gasteiger partial charge in [0.15, 0.2) is 0 Å². The summed E-state index contributed by atoms with van der Waals surface area (Å²) < 4.78 is 0. The highest BCUT2D eigenvalue weighted by molar-refractivity contribution is 5.86. The molecule has 0 bridgehead atoms. The van der Waals surface area contributed by atoms with E-state index in [-0.39, 0.29) is 29.1 Å². The molecule has 0 aliphatic carbocycles. The van der Waals surface area contributed by atoms with E-state index in [2.05, 4.69) is 26.1 Å². The zero-order valence-electron chi connectivity index (χ0n) is 11.7. The summed E-state index contributed by atoms with van der Waals surface area (Å²) in [6.45, 7) is 8.18. The number of amides is 2. The standard InChI is InChI=1S/C13H26N2O2/c1-6-7-9(11(14)16)10(12(17)15-5)8-13(2,3)4/h9-10H,6-8H2,1-5H3,(H2,14,16)(H,15,17). The van der Waals surface area contributed by atoms with Crippen LogP contribution in [0.3, 0.4) is 0 Å². The minimum Gasteiger partial charge on any atom is -0.369 e. The molecule has 0 aromatic rings. The van der Waals surface area contributed by atoms with E-state index in [9.17, 15) is 9.59 Å². The van der Waals surface area contributed by atoms with E-state index in [0.717, 1.165) is 6.42 Å². The fourth-order valence-electron chi connectivity index (χ4n) is 2.12. The van der Waals surface area contributed by atoms with Crippen molar-refractivity contribution in [2.24, 2.45) is 23.0 Å². The third-order valence-electron chi connectivity index (χ3n) is 2.87. The van der Waals surface area contributed by atoms with Gasteiger partial charge in [0.25, 0.3) is 0 Å². The molecule has 17 heavy (non-hydrogen) atoms. The maximum absolute atomic E-state index is 11.9. The van der Waals surface area contributed by atoms with Crippen molar-refractivity contribution < 1.29 is 9.59 Å². The third kappa shape index (κ3) is 5.71. The molecule has 2 unspecified atom stereocenters. The Morgan fingerprint density at radius 3 is 2.06 bits per heavy atom. The van der Waals surface area contributed by atoms with Gasteiger partial charge in [0.2, 0.25) is 11.8 Å². The van der Waals surface area contributed by atoms with Crippen molar-refractivity contribution in [2.75, 3.05) is 7.05 Å². The summed E-state index contributed by atoms with van der Waals surface area (Å²) in [5, 5.41) is 2.63. The predicted molar refractivity (Wildman–Crippen MR) is 69.2 cm³/mol. The minimum atomic E-state index is -0.371. The van der Waals surface area contributed by atoms with Crippen molar-refractivity contribution in [1.29, 1.82) is 0 Å². The molecule has 0 aliphatic heterocycles. The topological polar surface area (TPSA) is 72.2 Å². The van der Waals surface area contributed by atoms with Crippen LogP contribution in [-0.2, 0) is 9.59 Å². The molecule has 2 atom stereocenters. The Labute approximate surface area is 104 Å². The molecule has 0 saturated heterocycles. The van der Waals surface area contributed by atoms with Gasteiger partial charge in [-0.1, -0.05) is 34.1 Å². The van der Waals surface area contributed by atoms with Crippen LogP contribution in [0.4, 0.5) is 0 Å². The quantitative estimate of drug-likeness (QED) is 0.744. The smallest absolute Gasteiger partial charge is 0.223 e. The lowest BCUT2D eigenvalue weighted by atomic mass is 9.76. The average molecular weight is 242 g/mol. The van der Waals surface area contributed by atoms with E-state index < -0.39 is 0 Å². The van der Waals surface area contributed by atoms with E-state index in [1.807, 2.05) is 6.92 Å². The van der Waals surface area contributed by atoms with E-state index >= 15 is 0 Å². The van der Waals surface area contributed by atoms with Gasteiger partial charge in [0.1, 0.15) is 0 Å². The van der Waals surface area contributed by atoms with Gasteiger partial charge in [-0.05, 0) is 18.3 Å². The fraction of sp³-hybridized carbons (Fsp3) is 0.846. The molecule has 0 spiro atoms. The molecule has 0 fully saturated rings. The van der Waals surface area contributed by atoms with E-state index in [4.69, 9.17) is 5.73 Å². The van der Waals surface area contributed by atoms with Gasteiger partial charge in [0.05, 0.1) is 0 Å². The predicted octanol–water partition coefficient (Wildman–Crippen LogP) is 1.69. The number of nitrogens with one attached hydrogen (secondary N) is 1. The Balaban J connectivity index is 4.99. The van der Waals surface area contributed by atoms with Crippen LogP contribution in [0.25, 0.3) is 0 Å². The molecule has 2 amide bonds. The minimum absolute atomic E-state index is 0.00137. The van der Waals surface area contributed by atoms with Gasteiger partial charge in [-0.2, -0.15) is 0 Å². The fourth-order valence-corrected chi connectivity index (χ4v) is 2.12. The maximum atomic E-state index is 11.9. The van der Waals surface area contributed by atoms with Crippen molar-refractivity contribution >= 4 is 11.8 Å². The average Bonchev–Trinajstić information content (AvgIpc) is 2.20. The number of carbonyl (C=O) groups is 2. The second-order valence-corrected chi connectivity index (χ2v) is 5.78. The molecule has 100 valence electrons. The van der Waals surface area contributed by atoms with Crippen LogP contribution in [0.15, 0.2) is 0 Å². The second kappa shape index (κ2) is 6.62. The Morgan fingerprint density at radius 1 is 1.24 bits per heavy atom. The van der Waals surface area contributed by atoms with E-state index in [1.165, 1.54) is 0 Å². The number of nitrogens with two attached hydrogens (primary N) is 1. The first-order chi connectivity index (χ1) is 7.72. The lowest BCUT2D eigenvalue weighted by molar-refractivity contribution is -0.134. The lowest BCUT2D eigenvalue weighted by Gasteiger charge is -2.29. The monoisotopic (exact) mass is 242 g/mol. The molecule has 4 heteroatoms. The van der Waals surface area contributed by atoms with Crippen LogP contribution in [0.5, 0.6) is 0 Å². The van der Waals surface area contributed by atoms with Gasteiger partial charge < -0.3 is 11.1 Å². The molecule has 4 nitrogen and oxygen atoms in total. The number of carbonyl (C=O) groups excluding carboxylic acids is 2. The summed E-state index contributed by atoms with van der Waals surface area (Å²) in [4.78, 5) is 23.4. The Bertz CT molecular complexity index is 269. The number of hydrogen-bond acceptors (Lipinski definition) is 2. The lowest BCUT2D eigenvalue weighted by Crippen LogP contribution is -2.41. The summed E-state index contributed by atoms with van der Waals surface area (Å²) in [6, 6.07) is 0. The van der Waals surface area contributed by atoms with Crippen LogP contribution >= 0.6 is 0 Å². The molecule has 0 radical (unpaired) electrons. The summed E-state index contributed by atoms with van der Waals surface area (Å²) in [5.74, 6) is -1.14. The van der Waals surface area contributed by atoms with Crippen molar-refractivity contribution in [3.05, 3.63) is 0 Å². The molecule has 0 rings (SSSR count). The molecule has 3 N–H and O–H groups in total. The molecule has 0 saturated carbocycles. The Hall–Kier alpha value is -1.06. The summed E-state index contributed by atoms with van der Waals surface area (Å²) >= 11 is 0. The van der Waals surface area contributed by atoms with Crippen molar-refractivity contribution in [3.8, 4) is 0 Å². The summed E-state index contributed by atoms with van der Waals surface area (Å²) in [5.41, 5.74) is 5.41. The van der Waals surface area contributed by atoms with Crippen molar-refractivity contribution in [3.63, 3.8) is 0 Å². The second-order valence-electron chi connectivity index (χ2n) is 5.78. The zero-order valence-corrected chi connectivity index (χ0v) is 11.7. The van der Waals surface area contributed by atoms with Gasteiger partial charge >= 0.3 is 0 Å². The first-order valence-corrected chi connectivity index (χ1v) is 6.23. The Kier molecular flexibility index (Phi) is 6.21. The van der Waals surface area contributed by atoms with Crippen LogP contribution < -0.4 is 11.1 Å². The molecular formula is C13H26N2O2. The van der Waals surface area contributed by atoms with Crippen LogP contribution in [0.1, 0.15) is 47.0 Å². The molecule has 0 aliphatic rings. The van der Waals surface area contributed by atoms with Crippen molar-refractivity contribution in [1.82, 2.24) is 5.32 Å². The SMILES string of the molecule is CCCC(C(N)=O)C(CC(C)(C)C)C(=O)NC. The first kappa shape index (κ1) is 15.9.